The first kappa shape index (κ1) is 17.2. The van der Waals surface area contributed by atoms with Crippen LogP contribution in [0.15, 0.2) is 83.6 Å². The zero-order valence-corrected chi connectivity index (χ0v) is 12.9. The fourth-order valence-corrected chi connectivity index (χ4v) is 1.24. The largest absolute Gasteiger partial charge is 0.0877 e. The number of allylic oxidation sites excluding steroid dienone is 14. The lowest BCUT2D eigenvalue weighted by Crippen LogP contribution is -1.67. The van der Waals surface area contributed by atoms with Gasteiger partial charge in [0.2, 0.25) is 0 Å². The molecule has 0 saturated heterocycles. The van der Waals surface area contributed by atoms with Crippen LogP contribution in [-0.4, -0.2) is 0 Å². The van der Waals surface area contributed by atoms with Crippen molar-refractivity contribution < 1.29 is 0 Å². The smallest absolute Gasteiger partial charge is 0.0398 e. The molecule has 0 aliphatic rings. The van der Waals surface area contributed by atoms with Crippen LogP contribution in [0.5, 0.6) is 0 Å². The summed E-state index contributed by atoms with van der Waals surface area (Å²) in [5.41, 5.74) is 3.79. The molecule has 0 N–H and O–H groups in total. The van der Waals surface area contributed by atoms with E-state index in [0.29, 0.717) is 0 Å². The Kier molecular flexibility index (Phi) is 10.2. The summed E-state index contributed by atoms with van der Waals surface area (Å²) in [7, 11) is 0. The molecule has 0 nitrogen and oxygen atoms in total. The molecule has 19 heavy (non-hydrogen) atoms. The van der Waals surface area contributed by atoms with E-state index in [9.17, 15) is 0 Å². The van der Waals surface area contributed by atoms with Gasteiger partial charge >= 0.3 is 0 Å². The molecule has 0 bridgehead atoms. The first-order valence-electron chi connectivity index (χ1n) is 6.69. The Bertz CT molecular complexity index is 442. The third kappa shape index (κ3) is 12.4. The average molecular weight is 254 g/mol. The highest BCUT2D eigenvalue weighted by Gasteiger charge is 1.78. The van der Waals surface area contributed by atoms with Gasteiger partial charge in [-0.1, -0.05) is 83.6 Å². The van der Waals surface area contributed by atoms with E-state index in [1.54, 1.807) is 0 Å². The topological polar surface area (TPSA) is 0 Å². The van der Waals surface area contributed by atoms with Gasteiger partial charge in [0.25, 0.3) is 0 Å². The van der Waals surface area contributed by atoms with Crippen LogP contribution < -0.4 is 0 Å². The molecule has 0 fully saturated rings. The molecule has 0 atom stereocenters. The molecule has 0 radical (unpaired) electrons. The molecule has 0 aromatic heterocycles. The summed E-state index contributed by atoms with van der Waals surface area (Å²) in [5.74, 6) is 0. The van der Waals surface area contributed by atoms with Crippen LogP contribution in [0.4, 0.5) is 0 Å². The first-order valence-corrected chi connectivity index (χ1v) is 6.69. The van der Waals surface area contributed by atoms with Gasteiger partial charge in [-0.25, -0.2) is 0 Å². The maximum atomic E-state index is 2.11. The van der Waals surface area contributed by atoms with Gasteiger partial charge in [-0.2, -0.15) is 0 Å². The molecule has 0 unspecified atom stereocenters. The molecule has 0 spiro atoms. The van der Waals surface area contributed by atoms with Gasteiger partial charge in [-0.05, 0) is 34.6 Å². The van der Waals surface area contributed by atoms with Crippen molar-refractivity contribution in [2.45, 2.75) is 34.6 Å². The zero-order valence-electron chi connectivity index (χ0n) is 12.9. The summed E-state index contributed by atoms with van der Waals surface area (Å²) >= 11 is 0. The minimum absolute atomic E-state index is 1.24. The van der Waals surface area contributed by atoms with E-state index in [0.717, 1.165) is 0 Å². The van der Waals surface area contributed by atoms with Crippen molar-refractivity contribution in [3.63, 3.8) is 0 Å². The van der Waals surface area contributed by atoms with E-state index in [4.69, 9.17) is 0 Å². The lowest BCUT2D eigenvalue weighted by molar-refractivity contribution is 1.39. The lowest BCUT2D eigenvalue weighted by Gasteiger charge is -1.88. The van der Waals surface area contributed by atoms with Gasteiger partial charge < -0.3 is 0 Å². The van der Waals surface area contributed by atoms with Gasteiger partial charge in [-0.3, -0.25) is 0 Å². The van der Waals surface area contributed by atoms with Crippen LogP contribution in [0.1, 0.15) is 34.6 Å². The van der Waals surface area contributed by atoms with Crippen LogP contribution in [0.25, 0.3) is 0 Å². The Morgan fingerprint density at radius 1 is 0.579 bits per heavy atom. The summed E-state index contributed by atoms with van der Waals surface area (Å²) in [6.45, 7) is 10.4. The Morgan fingerprint density at radius 3 is 1.58 bits per heavy atom. The number of rotatable bonds is 6. The fourth-order valence-electron chi connectivity index (χ4n) is 1.24. The molecular formula is C19H26. The SMILES string of the molecule is C/C=C/C=C/C(C)=C/C=C/C=C(C)/C=C/C=C(C)C. The molecule has 102 valence electrons. The van der Waals surface area contributed by atoms with Gasteiger partial charge in [0, 0.05) is 0 Å². The Balaban J connectivity index is 4.38. The Labute approximate surface area is 118 Å². The predicted molar refractivity (Wildman–Crippen MR) is 89.2 cm³/mol. The minimum Gasteiger partial charge on any atom is -0.0877 e. The van der Waals surface area contributed by atoms with E-state index >= 15 is 0 Å². The van der Waals surface area contributed by atoms with Gasteiger partial charge in [0.15, 0.2) is 0 Å². The lowest BCUT2D eigenvalue weighted by atomic mass is 10.2. The molecule has 0 aromatic carbocycles. The second-order valence-corrected chi connectivity index (χ2v) is 4.69. The Morgan fingerprint density at radius 2 is 1.11 bits per heavy atom. The zero-order chi connectivity index (χ0) is 14.5. The summed E-state index contributed by atoms with van der Waals surface area (Å²) < 4.78 is 0. The second kappa shape index (κ2) is 11.3. The van der Waals surface area contributed by atoms with Crippen molar-refractivity contribution in [1.29, 1.82) is 0 Å². The molecule has 0 aliphatic heterocycles. The van der Waals surface area contributed by atoms with Crippen LogP contribution in [0.3, 0.4) is 0 Å². The maximum Gasteiger partial charge on any atom is -0.0398 e. The second-order valence-electron chi connectivity index (χ2n) is 4.69. The maximum absolute atomic E-state index is 2.11. The summed E-state index contributed by atoms with van der Waals surface area (Å²) in [5, 5.41) is 0. The monoisotopic (exact) mass is 254 g/mol. The van der Waals surface area contributed by atoms with Gasteiger partial charge in [0.05, 0.1) is 0 Å². The van der Waals surface area contributed by atoms with Crippen molar-refractivity contribution in [2.24, 2.45) is 0 Å². The molecule has 0 amide bonds. The highest BCUT2D eigenvalue weighted by Crippen LogP contribution is 1.99. The third-order valence-corrected chi connectivity index (χ3v) is 2.28. The molecule has 0 rings (SSSR count). The first-order chi connectivity index (χ1) is 9.06. The quantitative estimate of drug-likeness (QED) is 0.503. The molecule has 0 aliphatic carbocycles. The third-order valence-electron chi connectivity index (χ3n) is 2.28. The van der Waals surface area contributed by atoms with E-state index < -0.39 is 0 Å². The molecule has 0 aromatic rings. The van der Waals surface area contributed by atoms with Crippen LogP contribution in [0.2, 0.25) is 0 Å². The summed E-state index contributed by atoms with van der Waals surface area (Å²) in [4.78, 5) is 0. The molecular weight excluding hydrogens is 228 g/mol. The minimum atomic E-state index is 1.24. The standard InChI is InChI=1S/C19H26/c1-6-7-8-13-18(4)14-9-10-15-19(5)16-11-12-17(2)3/h6-16H,1-5H3/b7-6+,10-9+,13-8+,16-11+,18-14+,19-15+. The van der Waals surface area contributed by atoms with E-state index in [1.165, 1.54) is 16.7 Å². The van der Waals surface area contributed by atoms with Crippen LogP contribution in [-0.2, 0) is 0 Å². The van der Waals surface area contributed by atoms with Crippen LogP contribution >= 0.6 is 0 Å². The number of hydrogen-bond donors (Lipinski definition) is 0. The van der Waals surface area contributed by atoms with Crippen molar-refractivity contribution in [3.8, 4) is 0 Å². The van der Waals surface area contributed by atoms with Crippen molar-refractivity contribution in [1.82, 2.24) is 0 Å². The van der Waals surface area contributed by atoms with Gasteiger partial charge in [0.1, 0.15) is 0 Å². The van der Waals surface area contributed by atoms with Crippen molar-refractivity contribution >= 4 is 0 Å². The summed E-state index contributed by atoms with van der Waals surface area (Å²) in [6, 6.07) is 0. The molecule has 0 saturated carbocycles. The van der Waals surface area contributed by atoms with Gasteiger partial charge in [-0.15, -0.1) is 0 Å². The predicted octanol–water partition coefficient (Wildman–Crippen LogP) is 6.09. The molecule has 0 heterocycles. The Hall–Kier alpha value is -1.82. The fraction of sp³-hybridized carbons (Fsp3) is 0.263. The van der Waals surface area contributed by atoms with E-state index in [2.05, 4.69) is 76.3 Å². The number of hydrogen-bond acceptors (Lipinski definition) is 0. The normalized spacial score (nSPS) is 14.4. The highest BCUT2D eigenvalue weighted by molar-refractivity contribution is 5.29. The average Bonchev–Trinajstić information content (AvgIpc) is 2.34. The van der Waals surface area contributed by atoms with E-state index in [1.807, 2.05) is 25.2 Å². The van der Waals surface area contributed by atoms with Crippen LogP contribution in [0, 0.1) is 0 Å². The van der Waals surface area contributed by atoms with Crippen molar-refractivity contribution in [2.75, 3.05) is 0 Å². The highest BCUT2D eigenvalue weighted by atomic mass is 13.9. The summed E-state index contributed by atoms with van der Waals surface area (Å²) in [6.07, 6.45) is 22.8. The van der Waals surface area contributed by atoms with E-state index in [-0.39, 0.29) is 0 Å². The molecule has 0 heteroatoms. The van der Waals surface area contributed by atoms with Crippen molar-refractivity contribution in [3.05, 3.63) is 83.6 Å².